The minimum absolute atomic E-state index is 0.533. The van der Waals surface area contributed by atoms with Crippen LogP contribution in [0.15, 0.2) is 95.7 Å². The first-order valence-corrected chi connectivity index (χ1v) is 9.45. The highest BCUT2D eigenvalue weighted by Crippen LogP contribution is 2.20. The van der Waals surface area contributed by atoms with Gasteiger partial charge in [-0.2, -0.15) is 0 Å². The Bertz CT molecular complexity index is 957. The summed E-state index contributed by atoms with van der Waals surface area (Å²) in [4.78, 5) is 4.72. The monoisotopic (exact) mass is 371 g/mol. The average molecular weight is 371 g/mol. The molecule has 0 saturated carbocycles. The Kier molecular flexibility index (Phi) is 6.64. The van der Waals surface area contributed by atoms with Crippen LogP contribution in [0.1, 0.15) is 24.5 Å². The molecule has 0 spiro atoms. The highest BCUT2D eigenvalue weighted by Gasteiger charge is 2.11. The van der Waals surface area contributed by atoms with Gasteiger partial charge >= 0.3 is 0 Å². The van der Waals surface area contributed by atoms with Crippen molar-refractivity contribution < 1.29 is 9.47 Å². The van der Waals surface area contributed by atoms with Crippen molar-refractivity contribution in [3.63, 3.8) is 0 Å². The van der Waals surface area contributed by atoms with Crippen molar-refractivity contribution in [2.45, 2.75) is 27.2 Å². The molecule has 3 aromatic rings. The molecule has 0 heterocycles. The van der Waals surface area contributed by atoms with Gasteiger partial charge in [0.15, 0.2) is 0 Å². The highest BCUT2D eigenvalue weighted by atomic mass is 16.5. The number of para-hydroxylation sites is 1. The highest BCUT2D eigenvalue weighted by molar-refractivity contribution is 5.96. The van der Waals surface area contributed by atoms with Crippen molar-refractivity contribution in [2.75, 3.05) is 0 Å². The second kappa shape index (κ2) is 9.56. The van der Waals surface area contributed by atoms with Gasteiger partial charge in [-0.15, -0.1) is 0 Å². The van der Waals surface area contributed by atoms with E-state index in [4.69, 9.17) is 14.5 Å². The van der Waals surface area contributed by atoms with Crippen molar-refractivity contribution in [1.82, 2.24) is 0 Å². The van der Waals surface area contributed by atoms with Crippen LogP contribution in [-0.4, -0.2) is 5.90 Å². The Morgan fingerprint density at radius 2 is 1.57 bits per heavy atom. The van der Waals surface area contributed by atoms with Crippen molar-refractivity contribution >= 4 is 11.6 Å². The summed E-state index contributed by atoms with van der Waals surface area (Å²) < 4.78 is 12.0. The molecule has 0 fully saturated rings. The molecule has 0 aliphatic rings. The van der Waals surface area contributed by atoms with Crippen LogP contribution in [0.4, 0.5) is 5.69 Å². The van der Waals surface area contributed by atoms with E-state index in [1.54, 1.807) is 6.26 Å². The first kappa shape index (κ1) is 19.4. The van der Waals surface area contributed by atoms with E-state index in [0.717, 1.165) is 34.7 Å². The van der Waals surface area contributed by atoms with Crippen LogP contribution >= 0.6 is 0 Å². The maximum absolute atomic E-state index is 6.14. The summed E-state index contributed by atoms with van der Waals surface area (Å²) in [7, 11) is 0. The van der Waals surface area contributed by atoms with Gasteiger partial charge in [0.25, 0.3) is 0 Å². The fourth-order valence-corrected chi connectivity index (χ4v) is 2.61. The van der Waals surface area contributed by atoms with E-state index >= 15 is 0 Å². The normalized spacial score (nSPS) is 12.0. The van der Waals surface area contributed by atoms with E-state index in [2.05, 4.69) is 13.8 Å². The summed E-state index contributed by atoms with van der Waals surface area (Å²) in [6.45, 7) is 6.15. The maximum atomic E-state index is 6.14. The lowest BCUT2D eigenvalue weighted by Crippen LogP contribution is -2.12. The zero-order valence-electron chi connectivity index (χ0n) is 16.6. The van der Waals surface area contributed by atoms with Crippen LogP contribution in [0.3, 0.4) is 0 Å². The van der Waals surface area contributed by atoms with Crippen LogP contribution in [0.5, 0.6) is 11.5 Å². The Labute approximate surface area is 167 Å². The second-order valence-corrected chi connectivity index (χ2v) is 6.60. The Morgan fingerprint density at radius 1 is 0.821 bits per heavy atom. The quantitative estimate of drug-likeness (QED) is 0.271. The molecule has 28 heavy (non-hydrogen) atoms. The predicted molar refractivity (Wildman–Crippen MR) is 116 cm³/mol. The molecule has 0 bridgehead atoms. The van der Waals surface area contributed by atoms with Gasteiger partial charge in [-0.05, 0) is 62.2 Å². The SMILES string of the molecule is CCC(=COc1cccc(C)c1)C(=Nc1ccccc1)Oc1ccc(C)cc1. The van der Waals surface area contributed by atoms with E-state index in [1.165, 1.54) is 5.56 Å². The summed E-state index contributed by atoms with van der Waals surface area (Å²) in [5.74, 6) is 2.07. The minimum Gasteiger partial charge on any atom is -0.465 e. The Morgan fingerprint density at radius 3 is 2.25 bits per heavy atom. The topological polar surface area (TPSA) is 30.8 Å². The number of rotatable bonds is 6. The van der Waals surface area contributed by atoms with Crippen molar-refractivity contribution in [3.05, 3.63) is 102 Å². The molecule has 0 aliphatic carbocycles. The first-order valence-electron chi connectivity index (χ1n) is 9.45. The third-order valence-corrected chi connectivity index (χ3v) is 4.20. The van der Waals surface area contributed by atoms with Gasteiger partial charge in [-0.25, -0.2) is 4.99 Å². The zero-order chi connectivity index (χ0) is 19.8. The van der Waals surface area contributed by atoms with Gasteiger partial charge in [-0.1, -0.05) is 55.0 Å². The van der Waals surface area contributed by atoms with E-state index < -0.39 is 0 Å². The molecule has 0 aliphatic heterocycles. The van der Waals surface area contributed by atoms with Gasteiger partial charge in [0.2, 0.25) is 5.90 Å². The lowest BCUT2D eigenvalue weighted by atomic mass is 10.2. The number of ether oxygens (including phenoxy) is 2. The third kappa shape index (κ3) is 5.58. The molecule has 3 aromatic carbocycles. The van der Waals surface area contributed by atoms with Crippen molar-refractivity contribution in [3.8, 4) is 11.5 Å². The van der Waals surface area contributed by atoms with Gasteiger partial charge in [-0.3, -0.25) is 0 Å². The van der Waals surface area contributed by atoms with Crippen LogP contribution in [0.2, 0.25) is 0 Å². The number of hydrogen-bond acceptors (Lipinski definition) is 3. The van der Waals surface area contributed by atoms with Gasteiger partial charge in [0.1, 0.15) is 11.5 Å². The summed E-state index contributed by atoms with van der Waals surface area (Å²) in [5, 5.41) is 0. The lowest BCUT2D eigenvalue weighted by Gasteiger charge is -2.12. The fraction of sp³-hybridized carbons (Fsp3) is 0.160. The van der Waals surface area contributed by atoms with Gasteiger partial charge < -0.3 is 9.47 Å². The molecule has 3 rings (SSSR count). The summed E-state index contributed by atoms with van der Waals surface area (Å²) >= 11 is 0. The molecule has 0 radical (unpaired) electrons. The largest absolute Gasteiger partial charge is 0.465 e. The van der Waals surface area contributed by atoms with Crippen molar-refractivity contribution in [2.24, 2.45) is 4.99 Å². The van der Waals surface area contributed by atoms with Crippen LogP contribution in [0, 0.1) is 13.8 Å². The number of hydrogen-bond donors (Lipinski definition) is 0. The molecule has 0 aromatic heterocycles. The van der Waals surface area contributed by atoms with E-state index in [9.17, 15) is 0 Å². The molecule has 3 heteroatoms. The summed E-state index contributed by atoms with van der Waals surface area (Å²) in [6, 6.07) is 25.7. The average Bonchev–Trinajstić information content (AvgIpc) is 2.71. The maximum Gasteiger partial charge on any atom is 0.226 e. The third-order valence-electron chi connectivity index (χ3n) is 4.20. The molecule has 0 N–H and O–H groups in total. The molecule has 0 unspecified atom stereocenters. The van der Waals surface area contributed by atoms with Crippen LogP contribution in [-0.2, 0) is 0 Å². The first-order chi connectivity index (χ1) is 13.6. The van der Waals surface area contributed by atoms with Crippen LogP contribution in [0.25, 0.3) is 0 Å². The Hall–Kier alpha value is -3.33. The summed E-state index contributed by atoms with van der Waals surface area (Å²) in [5.41, 5.74) is 4.05. The van der Waals surface area contributed by atoms with Crippen LogP contribution < -0.4 is 9.47 Å². The second-order valence-electron chi connectivity index (χ2n) is 6.60. The minimum atomic E-state index is 0.533. The molecule has 0 amide bonds. The molecule has 0 saturated heterocycles. The van der Waals surface area contributed by atoms with Gasteiger partial charge in [0, 0.05) is 5.57 Å². The van der Waals surface area contributed by atoms with Crippen molar-refractivity contribution in [1.29, 1.82) is 0 Å². The molecule has 3 nitrogen and oxygen atoms in total. The zero-order valence-corrected chi connectivity index (χ0v) is 16.6. The number of nitrogens with zero attached hydrogens (tertiary/aromatic N) is 1. The lowest BCUT2D eigenvalue weighted by molar-refractivity contribution is 0.471. The summed E-state index contributed by atoms with van der Waals surface area (Å²) in [6.07, 6.45) is 2.45. The van der Waals surface area contributed by atoms with E-state index in [0.29, 0.717) is 5.90 Å². The van der Waals surface area contributed by atoms with E-state index in [1.807, 2.05) is 85.8 Å². The molecular weight excluding hydrogens is 346 g/mol. The smallest absolute Gasteiger partial charge is 0.226 e. The fourth-order valence-electron chi connectivity index (χ4n) is 2.61. The molecule has 142 valence electrons. The molecule has 0 atom stereocenters. The standard InChI is InChI=1S/C25H25NO2/c1-4-21(18-27-24-12-8-9-20(3)17-24)25(26-22-10-6-5-7-11-22)28-23-15-13-19(2)14-16-23/h5-18H,4H2,1-3H3. The number of aliphatic imine (C=N–C) groups is 1. The number of benzene rings is 3. The predicted octanol–water partition coefficient (Wildman–Crippen LogP) is 6.79. The Balaban J connectivity index is 1.91. The van der Waals surface area contributed by atoms with E-state index in [-0.39, 0.29) is 0 Å². The van der Waals surface area contributed by atoms with Gasteiger partial charge in [0.05, 0.1) is 11.9 Å². The number of aryl methyl sites for hydroxylation is 2. The molecular formula is C25H25NO2.